The first-order chi connectivity index (χ1) is 13.0. The van der Waals surface area contributed by atoms with Gasteiger partial charge < -0.3 is 9.64 Å². The number of ether oxygens (including phenoxy) is 1. The highest BCUT2D eigenvalue weighted by Gasteiger charge is 2.30. The van der Waals surface area contributed by atoms with Crippen molar-refractivity contribution in [1.82, 2.24) is 9.03 Å². The lowest BCUT2D eigenvalue weighted by Crippen LogP contribution is -2.54. The molecule has 0 spiro atoms. The SMILES string of the molecule is COC(=O)[C@@H](C)NS(=O)(=O)N1CCN(c2ccc(C#C[Si](C)(C)C)cc2)CC1. The number of nitrogens with zero attached hydrogens (tertiary/aromatic N) is 2. The number of anilines is 1. The van der Waals surface area contributed by atoms with E-state index in [4.69, 9.17) is 0 Å². The van der Waals surface area contributed by atoms with Crippen molar-refractivity contribution < 1.29 is 17.9 Å². The Morgan fingerprint density at radius 3 is 2.21 bits per heavy atom. The zero-order valence-electron chi connectivity index (χ0n) is 17.2. The summed E-state index contributed by atoms with van der Waals surface area (Å²) in [7, 11) is -3.90. The molecular formula is C19H29N3O4SSi. The molecule has 2 rings (SSSR count). The molecule has 0 bridgehead atoms. The van der Waals surface area contributed by atoms with Gasteiger partial charge >= 0.3 is 5.97 Å². The summed E-state index contributed by atoms with van der Waals surface area (Å²) in [5.74, 6) is 2.62. The number of benzene rings is 1. The Morgan fingerprint density at radius 1 is 1.14 bits per heavy atom. The van der Waals surface area contributed by atoms with Crippen molar-refractivity contribution in [2.75, 3.05) is 38.2 Å². The van der Waals surface area contributed by atoms with Crippen molar-refractivity contribution in [3.8, 4) is 11.5 Å². The predicted octanol–water partition coefficient (Wildman–Crippen LogP) is 1.43. The molecule has 1 aromatic rings. The van der Waals surface area contributed by atoms with Crippen molar-refractivity contribution in [1.29, 1.82) is 0 Å². The second-order valence-corrected chi connectivity index (χ2v) is 14.3. The second kappa shape index (κ2) is 9.09. The van der Waals surface area contributed by atoms with Crippen molar-refractivity contribution in [3.63, 3.8) is 0 Å². The normalized spacial score (nSPS) is 16.8. The van der Waals surface area contributed by atoms with Crippen LogP contribution in [0, 0.1) is 11.5 Å². The van der Waals surface area contributed by atoms with Gasteiger partial charge in [-0.25, -0.2) is 0 Å². The van der Waals surface area contributed by atoms with E-state index in [1.54, 1.807) is 0 Å². The lowest BCUT2D eigenvalue weighted by Gasteiger charge is -2.35. The van der Waals surface area contributed by atoms with Crippen LogP contribution in [0.4, 0.5) is 5.69 Å². The van der Waals surface area contributed by atoms with Gasteiger partial charge in [0.05, 0.1) is 7.11 Å². The fourth-order valence-corrected chi connectivity index (χ4v) is 4.58. The van der Waals surface area contributed by atoms with E-state index < -0.39 is 30.3 Å². The maximum atomic E-state index is 12.4. The third kappa shape index (κ3) is 6.34. The molecule has 1 atom stereocenters. The van der Waals surface area contributed by atoms with E-state index in [1.165, 1.54) is 18.3 Å². The number of carbonyl (C=O) groups is 1. The van der Waals surface area contributed by atoms with Gasteiger partial charge in [-0.05, 0) is 31.2 Å². The molecule has 0 radical (unpaired) electrons. The number of nitrogens with one attached hydrogen (secondary N) is 1. The fraction of sp³-hybridized carbons (Fsp3) is 0.526. The van der Waals surface area contributed by atoms with E-state index >= 15 is 0 Å². The van der Waals surface area contributed by atoms with Crippen molar-refractivity contribution in [2.24, 2.45) is 0 Å². The highest BCUT2D eigenvalue weighted by atomic mass is 32.2. The zero-order chi connectivity index (χ0) is 20.9. The van der Waals surface area contributed by atoms with E-state index in [9.17, 15) is 13.2 Å². The zero-order valence-corrected chi connectivity index (χ0v) is 19.0. The molecule has 1 aliphatic rings. The summed E-state index contributed by atoms with van der Waals surface area (Å²) < 4.78 is 33.1. The van der Waals surface area contributed by atoms with Crippen LogP contribution in [-0.4, -0.2) is 66.1 Å². The molecule has 0 saturated carbocycles. The number of esters is 1. The van der Waals surface area contributed by atoms with Crippen LogP contribution in [0.15, 0.2) is 24.3 Å². The molecule has 0 aliphatic carbocycles. The molecule has 1 heterocycles. The van der Waals surface area contributed by atoms with Gasteiger partial charge in [0.15, 0.2) is 0 Å². The molecule has 9 heteroatoms. The summed E-state index contributed by atoms with van der Waals surface area (Å²) in [5.41, 5.74) is 5.39. The Labute approximate surface area is 169 Å². The maximum absolute atomic E-state index is 12.4. The largest absolute Gasteiger partial charge is 0.468 e. The summed E-state index contributed by atoms with van der Waals surface area (Å²) in [6.45, 7) is 9.95. The smallest absolute Gasteiger partial charge is 0.323 e. The van der Waals surface area contributed by atoms with Gasteiger partial charge in [0.1, 0.15) is 14.1 Å². The average molecular weight is 424 g/mol. The van der Waals surface area contributed by atoms with Crippen molar-refractivity contribution in [2.45, 2.75) is 32.6 Å². The summed E-state index contributed by atoms with van der Waals surface area (Å²) in [6.07, 6.45) is 0. The second-order valence-electron chi connectivity index (χ2n) is 7.80. The van der Waals surface area contributed by atoms with E-state index in [2.05, 4.69) is 45.5 Å². The molecule has 1 aliphatic heterocycles. The van der Waals surface area contributed by atoms with Gasteiger partial charge in [0.2, 0.25) is 0 Å². The Kier molecular flexibility index (Phi) is 7.28. The fourth-order valence-electron chi connectivity index (χ4n) is 2.72. The maximum Gasteiger partial charge on any atom is 0.323 e. The number of piperazine rings is 1. The lowest BCUT2D eigenvalue weighted by molar-refractivity contribution is -0.142. The van der Waals surface area contributed by atoms with Crippen LogP contribution in [0.1, 0.15) is 12.5 Å². The van der Waals surface area contributed by atoms with Gasteiger partial charge in [-0.15, -0.1) is 5.54 Å². The molecule has 1 fully saturated rings. The highest BCUT2D eigenvalue weighted by Crippen LogP contribution is 2.18. The van der Waals surface area contributed by atoms with Crippen LogP contribution in [0.3, 0.4) is 0 Å². The molecule has 28 heavy (non-hydrogen) atoms. The molecule has 1 aromatic carbocycles. The summed E-state index contributed by atoms with van der Waals surface area (Å²) in [4.78, 5) is 13.6. The minimum absolute atomic E-state index is 0.348. The van der Waals surface area contributed by atoms with Crippen LogP contribution in [-0.2, 0) is 19.7 Å². The molecule has 0 unspecified atom stereocenters. The van der Waals surface area contributed by atoms with Gasteiger partial charge in [-0.3, -0.25) is 4.79 Å². The minimum Gasteiger partial charge on any atom is -0.468 e. The number of hydrogen-bond donors (Lipinski definition) is 1. The molecule has 0 amide bonds. The topological polar surface area (TPSA) is 78.9 Å². The number of carbonyl (C=O) groups excluding carboxylic acids is 1. The Bertz CT molecular complexity index is 846. The van der Waals surface area contributed by atoms with Crippen LogP contribution >= 0.6 is 0 Å². The first-order valence-electron chi connectivity index (χ1n) is 9.25. The first-order valence-corrected chi connectivity index (χ1v) is 14.2. The number of hydrogen-bond acceptors (Lipinski definition) is 5. The quantitative estimate of drug-likeness (QED) is 0.440. The first kappa shape index (κ1) is 22.4. The molecule has 154 valence electrons. The highest BCUT2D eigenvalue weighted by molar-refractivity contribution is 7.87. The molecule has 1 N–H and O–H groups in total. The van der Waals surface area contributed by atoms with E-state index in [0.717, 1.165) is 11.3 Å². The van der Waals surface area contributed by atoms with Crippen LogP contribution in [0.25, 0.3) is 0 Å². The Balaban J connectivity index is 1.96. The van der Waals surface area contributed by atoms with Crippen LogP contribution in [0.2, 0.25) is 19.6 Å². The lowest BCUT2D eigenvalue weighted by atomic mass is 10.2. The monoisotopic (exact) mass is 423 g/mol. The van der Waals surface area contributed by atoms with Gasteiger partial charge in [0.25, 0.3) is 10.2 Å². The predicted molar refractivity (Wildman–Crippen MR) is 114 cm³/mol. The van der Waals surface area contributed by atoms with Crippen molar-refractivity contribution in [3.05, 3.63) is 29.8 Å². The van der Waals surface area contributed by atoms with Crippen molar-refractivity contribution >= 4 is 29.9 Å². The minimum atomic E-state index is -3.73. The Hall–Kier alpha value is -1.86. The van der Waals surface area contributed by atoms with Crippen LogP contribution in [0.5, 0.6) is 0 Å². The molecule has 7 nitrogen and oxygen atoms in total. The average Bonchev–Trinajstić information content (AvgIpc) is 2.65. The standard InChI is InChI=1S/C19H29N3O4SSi/c1-16(19(23)26-2)20-27(24,25)22-13-11-21(12-14-22)18-8-6-17(7-9-18)10-15-28(3,4)5/h6-9,16,20H,11-14H2,1-5H3/t16-/m1/s1. The van der Waals surface area contributed by atoms with E-state index in [-0.39, 0.29) is 0 Å². The summed E-state index contributed by atoms with van der Waals surface area (Å²) in [5, 5.41) is 0. The van der Waals surface area contributed by atoms with E-state index in [0.29, 0.717) is 26.2 Å². The van der Waals surface area contributed by atoms with Crippen LogP contribution < -0.4 is 9.62 Å². The third-order valence-electron chi connectivity index (χ3n) is 4.27. The van der Waals surface area contributed by atoms with Gasteiger partial charge in [0, 0.05) is 37.4 Å². The third-order valence-corrected chi connectivity index (χ3v) is 6.84. The summed E-state index contributed by atoms with van der Waals surface area (Å²) >= 11 is 0. The molecule has 1 saturated heterocycles. The summed E-state index contributed by atoms with van der Waals surface area (Å²) in [6, 6.07) is 7.14. The number of rotatable bonds is 5. The Morgan fingerprint density at radius 2 is 1.71 bits per heavy atom. The molecular weight excluding hydrogens is 394 g/mol. The number of methoxy groups -OCH3 is 1. The van der Waals surface area contributed by atoms with Gasteiger partial charge in [-0.1, -0.05) is 25.6 Å². The van der Waals surface area contributed by atoms with E-state index in [1.807, 2.05) is 24.3 Å². The van der Waals surface area contributed by atoms with Gasteiger partial charge in [-0.2, -0.15) is 17.4 Å². The molecule has 0 aromatic heterocycles.